The molecule has 3 aromatic rings. The maximum Gasteiger partial charge on any atom is 0.335 e. The number of hydrogen-bond acceptors (Lipinski definition) is 4. The van der Waals surface area contributed by atoms with Crippen LogP contribution in [0.4, 0.5) is 0 Å². The summed E-state index contributed by atoms with van der Waals surface area (Å²) < 4.78 is 0. The van der Waals surface area contributed by atoms with Gasteiger partial charge in [0.15, 0.2) is 0 Å². The van der Waals surface area contributed by atoms with E-state index in [0.29, 0.717) is 16.7 Å². The molecule has 0 bridgehead atoms. The van der Waals surface area contributed by atoms with Crippen LogP contribution in [0, 0.1) is 5.41 Å². The highest BCUT2D eigenvalue weighted by Crippen LogP contribution is 2.22. The number of amides is 1. The van der Waals surface area contributed by atoms with Crippen molar-refractivity contribution in [2.24, 2.45) is 5.73 Å². The third-order valence-corrected chi connectivity index (χ3v) is 4.61. The largest absolute Gasteiger partial charge is 0.507 e. The molecule has 156 valence electrons. The van der Waals surface area contributed by atoms with Gasteiger partial charge >= 0.3 is 5.97 Å². The van der Waals surface area contributed by atoms with Gasteiger partial charge in [0.25, 0.3) is 5.91 Å². The number of carboxylic acid groups (broad SMARTS) is 1. The number of aromatic hydroxyl groups is 1. The molecule has 7 nitrogen and oxygen atoms in total. The Bertz CT molecular complexity index is 1170. The van der Waals surface area contributed by atoms with Crippen molar-refractivity contribution in [1.29, 1.82) is 5.41 Å². The van der Waals surface area contributed by atoms with Crippen LogP contribution in [-0.2, 0) is 0 Å². The van der Waals surface area contributed by atoms with Gasteiger partial charge in [-0.05, 0) is 53.6 Å². The van der Waals surface area contributed by atoms with E-state index in [2.05, 4.69) is 5.32 Å². The van der Waals surface area contributed by atoms with Crippen molar-refractivity contribution >= 4 is 23.8 Å². The summed E-state index contributed by atoms with van der Waals surface area (Å²) >= 11 is 0. The van der Waals surface area contributed by atoms with Gasteiger partial charge < -0.3 is 21.3 Å². The number of phenolic OH excluding ortho intramolecular Hbond substituents is 1. The van der Waals surface area contributed by atoms with E-state index < -0.39 is 5.97 Å². The molecular formula is C24H21N3O4. The van der Waals surface area contributed by atoms with Gasteiger partial charge in [0, 0.05) is 23.2 Å². The first-order valence-corrected chi connectivity index (χ1v) is 9.41. The number of carbonyl (C=O) groups excluding carboxylic acids is 1. The number of hydrogen-bond donors (Lipinski definition) is 5. The van der Waals surface area contributed by atoms with E-state index in [4.69, 9.17) is 16.2 Å². The molecule has 0 heterocycles. The zero-order valence-electron chi connectivity index (χ0n) is 16.5. The van der Waals surface area contributed by atoms with Crippen molar-refractivity contribution in [3.8, 4) is 16.9 Å². The third kappa shape index (κ3) is 5.36. The quantitative estimate of drug-likeness (QED) is 0.297. The third-order valence-electron chi connectivity index (χ3n) is 4.61. The van der Waals surface area contributed by atoms with E-state index in [1.54, 1.807) is 60.7 Å². The predicted molar refractivity (Wildman–Crippen MR) is 119 cm³/mol. The standard InChI is InChI=1S/C24H21N3O4/c25-22(26)19-10-11-21(28)18(14-19)5-2-12-27-23(29)16-8-6-15(7-9-16)17-3-1-4-20(13-17)24(30)31/h1-11,13-14,28H,12H2,(H3,25,26)(H,27,29)(H,30,31)/b5-2+. The maximum atomic E-state index is 12.3. The fourth-order valence-corrected chi connectivity index (χ4v) is 2.94. The Morgan fingerprint density at radius 2 is 1.65 bits per heavy atom. The summed E-state index contributed by atoms with van der Waals surface area (Å²) in [5.41, 5.74) is 8.67. The van der Waals surface area contributed by atoms with E-state index in [9.17, 15) is 14.7 Å². The van der Waals surface area contributed by atoms with Crippen LogP contribution in [0.2, 0.25) is 0 Å². The van der Waals surface area contributed by atoms with Crippen LogP contribution >= 0.6 is 0 Å². The molecule has 3 aromatic carbocycles. The zero-order chi connectivity index (χ0) is 22.4. The normalized spacial score (nSPS) is 10.7. The van der Waals surface area contributed by atoms with Gasteiger partial charge in [0.05, 0.1) is 5.56 Å². The van der Waals surface area contributed by atoms with Crippen LogP contribution in [0.15, 0.2) is 72.8 Å². The molecule has 31 heavy (non-hydrogen) atoms. The van der Waals surface area contributed by atoms with Crippen LogP contribution in [0.5, 0.6) is 5.75 Å². The molecule has 1 amide bonds. The minimum Gasteiger partial charge on any atom is -0.507 e. The average molecular weight is 415 g/mol. The van der Waals surface area contributed by atoms with Gasteiger partial charge in [-0.3, -0.25) is 10.2 Å². The molecule has 3 rings (SSSR count). The highest BCUT2D eigenvalue weighted by molar-refractivity contribution is 5.96. The molecule has 0 aliphatic heterocycles. The Hall–Kier alpha value is -4.39. The van der Waals surface area contributed by atoms with E-state index in [0.717, 1.165) is 11.1 Å². The molecule has 0 atom stereocenters. The Morgan fingerprint density at radius 1 is 0.935 bits per heavy atom. The lowest BCUT2D eigenvalue weighted by molar-refractivity contribution is 0.0696. The van der Waals surface area contributed by atoms with Crippen LogP contribution in [0.1, 0.15) is 31.8 Å². The summed E-state index contributed by atoms with van der Waals surface area (Å²) in [5, 5.41) is 29.2. The molecule has 0 aliphatic rings. The molecule has 0 aromatic heterocycles. The fourth-order valence-electron chi connectivity index (χ4n) is 2.94. The van der Waals surface area contributed by atoms with E-state index >= 15 is 0 Å². The number of phenols is 1. The summed E-state index contributed by atoms with van der Waals surface area (Å²) in [6.07, 6.45) is 3.32. The highest BCUT2D eigenvalue weighted by Gasteiger charge is 2.07. The van der Waals surface area contributed by atoms with Crippen molar-refractivity contribution in [1.82, 2.24) is 5.32 Å². The number of nitrogens with two attached hydrogens (primary N) is 1. The van der Waals surface area contributed by atoms with Gasteiger partial charge in [0.1, 0.15) is 11.6 Å². The van der Waals surface area contributed by atoms with Crippen molar-refractivity contribution in [3.05, 3.63) is 95.1 Å². The molecular weight excluding hydrogens is 394 g/mol. The summed E-state index contributed by atoms with van der Waals surface area (Å²) in [6.45, 7) is 0.241. The Kier molecular flexibility index (Phi) is 6.47. The molecule has 0 saturated carbocycles. The van der Waals surface area contributed by atoms with E-state index in [1.165, 1.54) is 12.1 Å². The van der Waals surface area contributed by atoms with Gasteiger partial charge in [0.2, 0.25) is 0 Å². The number of nitrogens with one attached hydrogen (secondary N) is 2. The van der Waals surface area contributed by atoms with Crippen molar-refractivity contribution in [2.75, 3.05) is 6.54 Å². The maximum absolute atomic E-state index is 12.3. The van der Waals surface area contributed by atoms with Crippen LogP contribution in [-0.4, -0.2) is 34.5 Å². The second-order valence-electron chi connectivity index (χ2n) is 6.76. The molecule has 0 radical (unpaired) electrons. The highest BCUT2D eigenvalue weighted by atomic mass is 16.4. The molecule has 6 N–H and O–H groups in total. The average Bonchev–Trinajstić information content (AvgIpc) is 2.77. The molecule has 0 fully saturated rings. The molecule has 7 heteroatoms. The topological polar surface area (TPSA) is 136 Å². The number of aromatic carboxylic acids is 1. The summed E-state index contributed by atoms with van der Waals surface area (Å²) in [5.74, 6) is -1.30. The number of carbonyl (C=O) groups is 2. The molecule has 0 spiro atoms. The molecule has 0 saturated heterocycles. The first-order valence-electron chi connectivity index (χ1n) is 9.41. The van der Waals surface area contributed by atoms with Gasteiger partial charge in [-0.15, -0.1) is 0 Å². The van der Waals surface area contributed by atoms with Crippen molar-refractivity contribution in [2.45, 2.75) is 0 Å². The first-order chi connectivity index (χ1) is 14.8. The van der Waals surface area contributed by atoms with Crippen LogP contribution < -0.4 is 11.1 Å². The number of benzene rings is 3. The van der Waals surface area contributed by atoms with Gasteiger partial charge in [-0.2, -0.15) is 0 Å². The number of nitrogen functional groups attached to an aromatic ring is 1. The van der Waals surface area contributed by atoms with Gasteiger partial charge in [-0.1, -0.05) is 36.4 Å². The van der Waals surface area contributed by atoms with E-state index in [1.807, 2.05) is 6.07 Å². The molecule has 0 aliphatic carbocycles. The summed E-state index contributed by atoms with van der Waals surface area (Å²) in [7, 11) is 0. The lowest BCUT2D eigenvalue weighted by atomic mass is 10.0. The lowest BCUT2D eigenvalue weighted by Gasteiger charge is -2.06. The Balaban J connectivity index is 1.62. The number of carboxylic acids is 1. The number of amidine groups is 1. The van der Waals surface area contributed by atoms with Gasteiger partial charge in [-0.25, -0.2) is 4.79 Å². The van der Waals surface area contributed by atoms with Crippen LogP contribution in [0.25, 0.3) is 17.2 Å². The van der Waals surface area contributed by atoms with Crippen molar-refractivity contribution in [3.63, 3.8) is 0 Å². The number of rotatable bonds is 7. The fraction of sp³-hybridized carbons (Fsp3) is 0.0417. The monoisotopic (exact) mass is 415 g/mol. The van der Waals surface area contributed by atoms with Crippen molar-refractivity contribution < 1.29 is 19.8 Å². The predicted octanol–water partition coefficient (Wildman–Crippen LogP) is 3.48. The minimum atomic E-state index is -0.993. The second-order valence-corrected chi connectivity index (χ2v) is 6.76. The Morgan fingerprint density at radius 3 is 2.32 bits per heavy atom. The Labute approximate surface area is 179 Å². The van der Waals surface area contributed by atoms with E-state index in [-0.39, 0.29) is 29.6 Å². The van der Waals surface area contributed by atoms with Crippen LogP contribution in [0.3, 0.4) is 0 Å². The SMILES string of the molecule is N=C(N)c1ccc(O)c(/C=C/CNC(=O)c2ccc(-c3cccc(C(=O)O)c3)cc2)c1. The summed E-state index contributed by atoms with van der Waals surface area (Å²) in [6, 6.07) is 18.1. The molecule has 0 unspecified atom stereocenters. The smallest absolute Gasteiger partial charge is 0.335 e. The lowest BCUT2D eigenvalue weighted by Crippen LogP contribution is -2.23. The summed E-state index contributed by atoms with van der Waals surface area (Å²) in [4.78, 5) is 23.5. The second kappa shape index (κ2) is 9.41. The minimum absolute atomic E-state index is 0.0510. The first kappa shape index (κ1) is 21.3. The zero-order valence-corrected chi connectivity index (χ0v) is 16.5.